The Labute approximate surface area is 97.7 Å². The number of Topliss-reactive ketones (excluding diaryl/α,β-unsaturated/α-hetero) is 1. The van der Waals surface area contributed by atoms with E-state index in [0.29, 0.717) is 13.0 Å². The molecule has 0 spiro atoms. The second-order valence-corrected chi connectivity index (χ2v) is 4.16. The zero-order valence-corrected chi connectivity index (χ0v) is 10.7. The van der Waals surface area contributed by atoms with Gasteiger partial charge in [-0.25, -0.2) is 4.79 Å². The largest absolute Gasteiger partial charge is 0.450 e. The quantitative estimate of drug-likeness (QED) is 0.729. The fourth-order valence-electron chi connectivity index (χ4n) is 1.43. The molecule has 0 radical (unpaired) electrons. The highest BCUT2D eigenvalue weighted by Crippen LogP contribution is 2.08. The Bertz CT molecular complexity index is 226. The minimum atomic E-state index is -0.508. The topological polar surface area (TPSA) is 55.4 Å². The normalized spacial score (nSPS) is 12.3. The number of hydrogen-bond acceptors (Lipinski definition) is 3. The Balaban J connectivity index is 4.26. The Hall–Kier alpha value is -1.06. The van der Waals surface area contributed by atoms with Crippen LogP contribution in [0.5, 0.6) is 0 Å². The molecule has 0 rings (SSSR count). The number of ether oxygens (including phenoxy) is 1. The predicted molar refractivity (Wildman–Crippen MR) is 63.3 cm³/mol. The van der Waals surface area contributed by atoms with E-state index in [1.165, 1.54) is 0 Å². The van der Waals surface area contributed by atoms with Crippen LogP contribution in [0.4, 0.5) is 4.79 Å². The van der Waals surface area contributed by atoms with Crippen molar-refractivity contribution in [3.05, 3.63) is 0 Å². The predicted octanol–water partition coefficient (Wildman–Crippen LogP) is 2.52. The summed E-state index contributed by atoms with van der Waals surface area (Å²) < 4.78 is 4.77. The second-order valence-electron chi connectivity index (χ2n) is 4.16. The van der Waals surface area contributed by atoms with Crippen molar-refractivity contribution in [2.75, 3.05) is 6.61 Å². The first-order valence-electron chi connectivity index (χ1n) is 5.98. The van der Waals surface area contributed by atoms with Crippen LogP contribution in [-0.2, 0) is 9.53 Å². The zero-order chi connectivity index (χ0) is 12.6. The molecule has 16 heavy (non-hydrogen) atoms. The summed E-state index contributed by atoms with van der Waals surface area (Å²) in [5.74, 6) is 0.179. The minimum absolute atomic E-state index is 0.0879. The van der Waals surface area contributed by atoms with Crippen molar-refractivity contribution in [2.45, 2.75) is 53.0 Å². The lowest BCUT2D eigenvalue weighted by Crippen LogP contribution is -2.44. The molecule has 4 heteroatoms. The first kappa shape index (κ1) is 14.9. The van der Waals surface area contributed by atoms with Gasteiger partial charge in [-0.15, -0.1) is 0 Å². The second kappa shape index (κ2) is 8.13. The van der Waals surface area contributed by atoms with Crippen molar-refractivity contribution >= 4 is 11.9 Å². The third-order valence-corrected chi connectivity index (χ3v) is 2.34. The molecule has 1 amide bonds. The van der Waals surface area contributed by atoms with Crippen LogP contribution in [0, 0.1) is 5.92 Å². The third kappa shape index (κ3) is 5.73. The summed E-state index contributed by atoms with van der Waals surface area (Å²) in [7, 11) is 0. The molecule has 4 nitrogen and oxygen atoms in total. The summed E-state index contributed by atoms with van der Waals surface area (Å²) >= 11 is 0. The maximum Gasteiger partial charge on any atom is 0.407 e. The van der Waals surface area contributed by atoms with Crippen LogP contribution in [0.1, 0.15) is 47.0 Å². The van der Waals surface area contributed by atoms with Crippen LogP contribution in [0.3, 0.4) is 0 Å². The molecule has 1 atom stereocenters. The van der Waals surface area contributed by atoms with Gasteiger partial charge in [0.1, 0.15) is 0 Å². The average Bonchev–Trinajstić information content (AvgIpc) is 2.22. The molecule has 0 unspecified atom stereocenters. The number of hydrogen-bond donors (Lipinski definition) is 1. The Kier molecular flexibility index (Phi) is 7.60. The Morgan fingerprint density at radius 3 is 2.31 bits per heavy atom. The first-order valence-corrected chi connectivity index (χ1v) is 5.98. The van der Waals surface area contributed by atoms with Gasteiger partial charge in [-0.2, -0.15) is 0 Å². The average molecular weight is 229 g/mol. The van der Waals surface area contributed by atoms with Gasteiger partial charge < -0.3 is 10.1 Å². The van der Waals surface area contributed by atoms with E-state index in [4.69, 9.17) is 4.74 Å². The molecule has 0 aromatic rings. The smallest absolute Gasteiger partial charge is 0.407 e. The molecular formula is C12H23NO3. The fraction of sp³-hybridized carbons (Fsp3) is 0.833. The maximum absolute atomic E-state index is 11.8. The van der Waals surface area contributed by atoms with E-state index >= 15 is 0 Å². The standard InChI is InChI=1S/C12H23NO3/c1-5-7-8-10(14)11(9(3)4)13-12(15)16-6-2/h9,11H,5-8H2,1-4H3,(H,13,15)/t11-/m0/s1. The van der Waals surface area contributed by atoms with Gasteiger partial charge in [0.05, 0.1) is 12.6 Å². The molecule has 1 N–H and O–H groups in total. The van der Waals surface area contributed by atoms with Crippen LogP contribution in [-0.4, -0.2) is 24.5 Å². The van der Waals surface area contributed by atoms with Crippen molar-refractivity contribution in [1.82, 2.24) is 5.32 Å². The highest BCUT2D eigenvalue weighted by Gasteiger charge is 2.23. The molecule has 0 bridgehead atoms. The summed E-state index contributed by atoms with van der Waals surface area (Å²) in [4.78, 5) is 23.1. The summed E-state index contributed by atoms with van der Waals surface area (Å²) in [6.45, 7) is 7.93. The number of unbranched alkanes of at least 4 members (excludes halogenated alkanes) is 1. The number of rotatable bonds is 7. The van der Waals surface area contributed by atoms with Crippen molar-refractivity contribution in [3.63, 3.8) is 0 Å². The number of ketones is 1. The van der Waals surface area contributed by atoms with E-state index in [1.807, 2.05) is 20.8 Å². The van der Waals surface area contributed by atoms with Crippen molar-refractivity contribution < 1.29 is 14.3 Å². The van der Waals surface area contributed by atoms with E-state index < -0.39 is 12.1 Å². The van der Waals surface area contributed by atoms with Crippen LogP contribution < -0.4 is 5.32 Å². The fourth-order valence-corrected chi connectivity index (χ4v) is 1.43. The lowest BCUT2D eigenvalue weighted by Gasteiger charge is -2.20. The molecule has 0 aliphatic heterocycles. The van der Waals surface area contributed by atoms with Crippen LogP contribution in [0.2, 0.25) is 0 Å². The molecule has 0 heterocycles. The molecule has 0 aromatic heterocycles. The van der Waals surface area contributed by atoms with E-state index in [2.05, 4.69) is 5.32 Å². The van der Waals surface area contributed by atoms with Gasteiger partial charge in [0.15, 0.2) is 5.78 Å². The van der Waals surface area contributed by atoms with Gasteiger partial charge in [0, 0.05) is 6.42 Å². The lowest BCUT2D eigenvalue weighted by atomic mass is 9.97. The summed E-state index contributed by atoms with van der Waals surface area (Å²) in [6.07, 6.45) is 1.86. The summed E-state index contributed by atoms with van der Waals surface area (Å²) in [6, 6.07) is -0.425. The minimum Gasteiger partial charge on any atom is -0.450 e. The summed E-state index contributed by atoms with van der Waals surface area (Å²) in [5.41, 5.74) is 0. The third-order valence-electron chi connectivity index (χ3n) is 2.34. The molecule has 0 saturated carbocycles. The molecule has 0 aliphatic rings. The number of amides is 1. The monoisotopic (exact) mass is 229 g/mol. The maximum atomic E-state index is 11.8. The van der Waals surface area contributed by atoms with Crippen molar-refractivity contribution in [2.24, 2.45) is 5.92 Å². The molecule has 0 aromatic carbocycles. The van der Waals surface area contributed by atoms with E-state index in [-0.39, 0.29) is 11.7 Å². The number of alkyl carbamates (subject to hydrolysis) is 1. The Morgan fingerprint density at radius 2 is 1.88 bits per heavy atom. The molecule has 0 saturated heterocycles. The molecular weight excluding hydrogens is 206 g/mol. The lowest BCUT2D eigenvalue weighted by molar-refractivity contribution is -0.122. The van der Waals surface area contributed by atoms with E-state index in [0.717, 1.165) is 12.8 Å². The highest BCUT2D eigenvalue weighted by atomic mass is 16.5. The van der Waals surface area contributed by atoms with Gasteiger partial charge in [-0.05, 0) is 19.3 Å². The van der Waals surface area contributed by atoms with Gasteiger partial charge >= 0.3 is 6.09 Å². The van der Waals surface area contributed by atoms with Crippen molar-refractivity contribution in [3.8, 4) is 0 Å². The number of carbonyl (C=O) groups excluding carboxylic acids is 2. The summed E-state index contributed by atoms with van der Waals surface area (Å²) in [5, 5.41) is 2.62. The van der Waals surface area contributed by atoms with Gasteiger partial charge in [-0.3, -0.25) is 4.79 Å². The van der Waals surface area contributed by atoms with Gasteiger partial charge in [-0.1, -0.05) is 27.2 Å². The molecule has 0 aliphatic carbocycles. The van der Waals surface area contributed by atoms with Crippen molar-refractivity contribution in [1.29, 1.82) is 0 Å². The number of nitrogens with one attached hydrogen (secondary N) is 1. The van der Waals surface area contributed by atoms with Crippen LogP contribution in [0.15, 0.2) is 0 Å². The first-order chi connectivity index (χ1) is 7.52. The molecule has 0 fully saturated rings. The van der Waals surface area contributed by atoms with Crippen LogP contribution >= 0.6 is 0 Å². The van der Waals surface area contributed by atoms with E-state index in [9.17, 15) is 9.59 Å². The molecule has 94 valence electrons. The van der Waals surface area contributed by atoms with Gasteiger partial charge in [0.2, 0.25) is 0 Å². The Morgan fingerprint density at radius 1 is 1.25 bits per heavy atom. The number of carbonyl (C=O) groups is 2. The zero-order valence-electron chi connectivity index (χ0n) is 10.7. The van der Waals surface area contributed by atoms with Gasteiger partial charge in [0.25, 0.3) is 0 Å². The van der Waals surface area contributed by atoms with Crippen LogP contribution in [0.25, 0.3) is 0 Å². The SMILES string of the molecule is CCCCC(=O)[C@@H](NC(=O)OCC)C(C)C. The highest BCUT2D eigenvalue weighted by molar-refractivity contribution is 5.87. The van der Waals surface area contributed by atoms with E-state index in [1.54, 1.807) is 6.92 Å².